The van der Waals surface area contributed by atoms with E-state index in [0.717, 1.165) is 23.0 Å². The molecule has 4 rings (SSSR count). The first-order chi connectivity index (χ1) is 11.7. The molecule has 0 radical (unpaired) electrons. The minimum atomic E-state index is -0.189. The quantitative estimate of drug-likeness (QED) is 0.480. The fraction of sp³-hybridized carbons (Fsp3) is 0.304. The van der Waals surface area contributed by atoms with Crippen LogP contribution in [-0.2, 0) is 0 Å². The first-order valence-electron chi connectivity index (χ1n) is 8.99. The Morgan fingerprint density at radius 3 is 2.08 bits per heavy atom. The van der Waals surface area contributed by atoms with Gasteiger partial charge < -0.3 is 0 Å². The number of halogens is 1. The monoisotopic (exact) mass is 318 g/mol. The van der Waals surface area contributed by atoms with E-state index in [4.69, 9.17) is 0 Å². The third-order valence-corrected chi connectivity index (χ3v) is 5.53. The zero-order valence-electron chi connectivity index (χ0n) is 14.1. The van der Waals surface area contributed by atoms with Crippen LogP contribution in [0.3, 0.4) is 0 Å². The van der Waals surface area contributed by atoms with Gasteiger partial charge >= 0.3 is 0 Å². The maximum Gasteiger partial charge on any atom is 0.123 e. The average molecular weight is 318 g/mol. The summed E-state index contributed by atoms with van der Waals surface area (Å²) < 4.78 is 13.1. The highest BCUT2D eigenvalue weighted by Gasteiger charge is 2.19. The van der Waals surface area contributed by atoms with Gasteiger partial charge in [-0.2, -0.15) is 0 Å². The van der Waals surface area contributed by atoms with Gasteiger partial charge in [0.1, 0.15) is 5.82 Å². The van der Waals surface area contributed by atoms with Gasteiger partial charge in [0, 0.05) is 0 Å². The van der Waals surface area contributed by atoms with E-state index in [1.807, 2.05) is 12.1 Å². The molecule has 3 aromatic carbocycles. The van der Waals surface area contributed by atoms with E-state index in [2.05, 4.69) is 43.3 Å². The molecule has 1 saturated carbocycles. The SMILES string of the molecule is CC1CCC(c2ccc3cc(-c4ccc(F)cc4)ccc3c2)CC1. The lowest BCUT2D eigenvalue weighted by molar-refractivity contribution is 0.348. The zero-order valence-corrected chi connectivity index (χ0v) is 14.1. The fourth-order valence-electron chi connectivity index (χ4n) is 3.93. The van der Waals surface area contributed by atoms with Crippen molar-refractivity contribution in [1.82, 2.24) is 0 Å². The summed E-state index contributed by atoms with van der Waals surface area (Å²) in [7, 11) is 0. The Morgan fingerprint density at radius 1 is 0.708 bits per heavy atom. The lowest BCUT2D eigenvalue weighted by Crippen LogP contribution is -2.10. The van der Waals surface area contributed by atoms with Crippen LogP contribution in [0.25, 0.3) is 21.9 Å². The Hall–Kier alpha value is -2.15. The van der Waals surface area contributed by atoms with Crippen LogP contribution >= 0.6 is 0 Å². The molecular weight excluding hydrogens is 295 g/mol. The molecule has 0 amide bonds. The summed E-state index contributed by atoms with van der Waals surface area (Å²) in [5.41, 5.74) is 3.69. The van der Waals surface area contributed by atoms with Crippen molar-refractivity contribution in [2.24, 2.45) is 5.92 Å². The van der Waals surface area contributed by atoms with E-state index < -0.39 is 0 Å². The minimum Gasteiger partial charge on any atom is -0.207 e. The number of hydrogen-bond acceptors (Lipinski definition) is 0. The maximum atomic E-state index is 13.1. The van der Waals surface area contributed by atoms with Gasteiger partial charge in [-0.25, -0.2) is 4.39 Å². The van der Waals surface area contributed by atoms with Crippen LogP contribution in [0.5, 0.6) is 0 Å². The Balaban J connectivity index is 1.64. The second-order valence-electron chi connectivity index (χ2n) is 7.29. The first-order valence-corrected chi connectivity index (χ1v) is 8.99. The Kier molecular flexibility index (Phi) is 4.10. The summed E-state index contributed by atoms with van der Waals surface area (Å²) in [5.74, 6) is 1.42. The van der Waals surface area contributed by atoms with Gasteiger partial charge in [0.25, 0.3) is 0 Å². The molecule has 1 aliphatic rings. The molecule has 0 saturated heterocycles. The standard InChI is InChI=1S/C23H23F/c1-16-2-4-17(5-3-16)19-6-8-22-15-20(7-9-21(22)14-19)18-10-12-23(24)13-11-18/h6-17H,2-5H2,1H3. The molecule has 0 nitrogen and oxygen atoms in total. The third kappa shape index (κ3) is 3.08. The molecule has 0 bridgehead atoms. The van der Waals surface area contributed by atoms with E-state index in [-0.39, 0.29) is 5.82 Å². The summed E-state index contributed by atoms with van der Waals surface area (Å²) in [5, 5.41) is 2.56. The van der Waals surface area contributed by atoms with Crippen LogP contribution in [0.15, 0.2) is 60.7 Å². The molecule has 0 spiro atoms. The second-order valence-corrected chi connectivity index (χ2v) is 7.29. The van der Waals surface area contributed by atoms with Gasteiger partial charge in [0.2, 0.25) is 0 Å². The molecule has 0 atom stereocenters. The molecule has 0 aromatic heterocycles. The molecule has 122 valence electrons. The molecular formula is C23H23F. The predicted octanol–water partition coefficient (Wildman–Crippen LogP) is 6.94. The fourth-order valence-corrected chi connectivity index (χ4v) is 3.93. The van der Waals surface area contributed by atoms with Crippen molar-refractivity contribution < 1.29 is 4.39 Å². The lowest BCUT2D eigenvalue weighted by Gasteiger charge is -2.26. The molecule has 1 fully saturated rings. The first kappa shape index (κ1) is 15.4. The van der Waals surface area contributed by atoms with Gasteiger partial charge in [-0.15, -0.1) is 0 Å². The summed E-state index contributed by atoms with van der Waals surface area (Å²) in [6.45, 7) is 2.37. The summed E-state index contributed by atoms with van der Waals surface area (Å²) in [6.07, 6.45) is 5.35. The predicted molar refractivity (Wildman–Crippen MR) is 99.7 cm³/mol. The third-order valence-electron chi connectivity index (χ3n) is 5.53. The highest BCUT2D eigenvalue weighted by Crippen LogP contribution is 2.37. The molecule has 1 aliphatic carbocycles. The van der Waals surface area contributed by atoms with Crippen LogP contribution in [-0.4, -0.2) is 0 Å². The van der Waals surface area contributed by atoms with E-state index in [1.165, 1.54) is 54.2 Å². The van der Waals surface area contributed by atoms with E-state index in [0.29, 0.717) is 0 Å². The highest BCUT2D eigenvalue weighted by molar-refractivity contribution is 5.88. The Bertz CT molecular complexity index is 840. The molecule has 0 unspecified atom stereocenters. The largest absolute Gasteiger partial charge is 0.207 e. The molecule has 3 aromatic rings. The van der Waals surface area contributed by atoms with Crippen LogP contribution in [0.2, 0.25) is 0 Å². The normalized spacial score (nSPS) is 21.1. The van der Waals surface area contributed by atoms with Crippen molar-refractivity contribution >= 4 is 10.8 Å². The summed E-state index contributed by atoms with van der Waals surface area (Å²) >= 11 is 0. The number of benzene rings is 3. The maximum absolute atomic E-state index is 13.1. The molecule has 0 heterocycles. The van der Waals surface area contributed by atoms with E-state index >= 15 is 0 Å². The average Bonchev–Trinajstić information content (AvgIpc) is 2.62. The van der Waals surface area contributed by atoms with Crippen molar-refractivity contribution in [2.45, 2.75) is 38.5 Å². The molecule has 1 heteroatoms. The van der Waals surface area contributed by atoms with Crippen LogP contribution in [0.1, 0.15) is 44.1 Å². The number of hydrogen-bond donors (Lipinski definition) is 0. The molecule has 0 N–H and O–H groups in total. The minimum absolute atomic E-state index is 0.189. The van der Waals surface area contributed by atoms with Gasteiger partial charge in [0.15, 0.2) is 0 Å². The Morgan fingerprint density at radius 2 is 1.33 bits per heavy atom. The van der Waals surface area contributed by atoms with Gasteiger partial charge in [-0.05, 0) is 70.3 Å². The highest BCUT2D eigenvalue weighted by atomic mass is 19.1. The summed E-state index contributed by atoms with van der Waals surface area (Å²) in [6, 6.07) is 20.2. The number of fused-ring (bicyclic) bond motifs is 1. The van der Waals surface area contributed by atoms with Crippen molar-refractivity contribution in [3.8, 4) is 11.1 Å². The van der Waals surface area contributed by atoms with Crippen LogP contribution in [0, 0.1) is 11.7 Å². The topological polar surface area (TPSA) is 0 Å². The Labute approximate surface area is 143 Å². The van der Waals surface area contributed by atoms with E-state index in [1.54, 1.807) is 0 Å². The van der Waals surface area contributed by atoms with Gasteiger partial charge in [0.05, 0.1) is 0 Å². The lowest BCUT2D eigenvalue weighted by atomic mass is 9.79. The van der Waals surface area contributed by atoms with Crippen molar-refractivity contribution in [3.05, 3.63) is 72.0 Å². The second kappa shape index (κ2) is 6.39. The molecule has 24 heavy (non-hydrogen) atoms. The summed E-state index contributed by atoms with van der Waals surface area (Å²) in [4.78, 5) is 0. The van der Waals surface area contributed by atoms with E-state index in [9.17, 15) is 4.39 Å². The van der Waals surface area contributed by atoms with Crippen molar-refractivity contribution in [2.75, 3.05) is 0 Å². The number of rotatable bonds is 2. The van der Waals surface area contributed by atoms with Crippen molar-refractivity contribution in [3.63, 3.8) is 0 Å². The zero-order chi connectivity index (χ0) is 16.5. The smallest absolute Gasteiger partial charge is 0.123 e. The van der Waals surface area contributed by atoms with Gasteiger partial charge in [-0.3, -0.25) is 0 Å². The van der Waals surface area contributed by atoms with Crippen LogP contribution < -0.4 is 0 Å². The van der Waals surface area contributed by atoms with Crippen LogP contribution in [0.4, 0.5) is 4.39 Å². The van der Waals surface area contributed by atoms with Crippen molar-refractivity contribution in [1.29, 1.82) is 0 Å². The van der Waals surface area contributed by atoms with Gasteiger partial charge in [-0.1, -0.05) is 62.2 Å². The molecule has 0 aliphatic heterocycles.